The zero-order chi connectivity index (χ0) is 24.9. The van der Waals surface area contributed by atoms with Crippen LogP contribution in [0.2, 0.25) is 0 Å². The second-order valence-corrected chi connectivity index (χ2v) is 10.3. The van der Waals surface area contributed by atoms with Crippen molar-refractivity contribution in [1.82, 2.24) is 15.6 Å². The number of anilines is 1. The Balaban J connectivity index is 0.988. The molecule has 3 N–H and O–H groups in total. The largest absolute Gasteiger partial charge is 0.489 e. The number of amides is 3. The summed E-state index contributed by atoms with van der Waals surface area (Å²) < 4.78 is 12.4. The molecule has 0 radical (unpaired) electrons. The molecular weight excluding hydrogens is 468 g/mol. The Morgan fingerprint density at radius 1 is 1.11 bits per heavy atom. The minimum atomic E-state index is -0.126. The normalized spacial score (nSPS) is 24.4. The maximum absolute atomic E-state index is 12.7. The van der Waals surface area contributed by atoms with Crippen molar-refractivity contribution in [3.8, 4) is 17.2 Å². The van der Waals surface area contributed by atoms with Crippen LogP contribution in [0.1, 0.15) is 53.5 Å². The molecule has 2 aromatic carbocycles. The van der Waals surface area contributed by atoms with Gasteiger partial charge >= 0.3 is 6.03 Å². The molecule has 0 spiro atoms. The maximum Gasteiger partial charge on any atom is 0.315 e. The number of nitrogens with one attached hydrogen (secondary N) is 3. The third kappa shape index (κ3) is 4.06. The quantitative estimate of drug-likeness (QED) is 0.479. The monoisotopic (exact) mass is 496 g/mol. The van der Waals surface area contributed by atoms with Crippen molar-refractivity contribution in [3.63, 3.8) is 0 Å². The Hall–Kier alpha value is -4.07. The number of carbonyl (C=O) groups excluding carboxylic acids is 2. The summed E-state index contributed by atoms with van der Waals surface area (Å²) in [6.45, 7) is 0.567. The highest BCUT2D eigenvalue weighted by molar-refractivity contribution is 5.93. The van der Waals surface area contributed by atoms with Crippen LogP contribution in [0.4, 0.5) is 10.6 Å². The zero-order valence-electron chi connectivity index (χ0n) is 20.3. The van der Waals surface area contributed by atoms with Crippen LogP contribution < -0.4 is 25.4 Å². The van der Waals surface area contributed by atoms with Gasteiger partial charge in [-0.2, -0.15) is 0 Å². The first-order valence-electron chi connectivity index (χ1n) is 13.0. The number of benzene rings is 2. The fraction of sp³-hybridized carbons (Fsp3) is 0.345. The summed E-state index contributed by atoms with van der Waals surface area (Å²) in [5.74, 6) is 3.35. The lowest BCUT2D eigenvalue weighted by molar-refractivity contribution is -0.116. The van der Waals surface area contributed by atoms with E-state index in [1.165, 1.54) is 11.1 Å². The van der Waals surface area contributed by atoms with E-state index in [0.717, 1.165) is 41.9 Å². The van der Waals surface area contributed by atoms with E-state index in [0.29, 0.717) is 31.0 Å². The molecule has 188 valence electrons. The molecule has 4 aliphatic rings. The van der Waals surface area contributed by atoms with Gasteiger partial charge in [0.1, 0.15) is 29.2 Å². The predicted octanol–water partition coefficient (Wildman–Crippen LogP) is 4.61. The van der Waals surface area contributed by atoms with E-state index in [1.54, 1.807) is 6.20 Å². The van der Waals surface area contributed by atoms with E-state index in [2.05, 4.69) is 39.1 Å². The van der Waals surface area contributed by atoms with Gasteiger partial charge in [-0.3, -0.25) is 4.79 Å². The van der Waals surface area contributed by atoms with Crippen molar-refractivity contribution < 1.29 is 19.1 Å². The van der Waals surface area contributed by atoms with Crippen molar-refractivity contribution in [3.05, 3.63) is 77.0 Å². The number of aryl methyl sites for hydroxylation is 1. The van der Waals surface area contributed by atoms with E-state index in [4.69, 9.17) is 9.47 Å². The summed E-state index contributed by atoms with van der Waals surface area (Å²) in [7, 11) is 0. The highest BCUT2D eigenvalue weighted by atomic mass is 16.5. The molecular formula is C29H28N4O4. The number of aromatic nitrogens is 1. The van der Waals surface area contributed by atoms with Crippen LogP contribution in [0.25, 0.3) is 0 Å². The topological polar surface area (TPSA) is 102 Å². The van der Waals surface area contributed by atoms with Gasteiger partial charge in [0, 0.05) is 42.1 Å². The van der Waals surface area contributed by atoms with E-state index in [1.807, 2.05) is 30.3 Å². The molecule has 1 saturated carbocycles. The highest BCUT2D eigenvalue weighted by Crippen LogP contribution is 2.58. The standard InChI is InChI=1S/C29H28N4O4/c34-25-11-9-19-24(12-13-30-28(19)33-25)36-17-8-10-23-20(14-17)26-21(27(26)37-23)15-31-29(35)32-22-7-3-5-16-4-1-2-6-18(16)22/h1-2,4,6,8,10,12-14,21-22,26-27H,3,5,7,9,11,15H2,(H,30,33,34)(H2,31,32,35). The molecule has 3 aromatic rings. The number of fused-ring (bicyclic) bond motifs is 5. The lowest BCUT2D eigenvalue weighted by Crippen LogP contribution is -2.40. The van der Waals surface area contributed by atoms with Crippen molar-refractivity contribution in [2.75, 3.05) is 11.9 Å². The Kier molecular flexibility index (Phi) is 5.27. The molecule has 4 unspecified atom stereocenters. The van der Waals surface area contributed by atoms with Gasteiger partial charge in [-0.05, 0) is 61.1 Å². The van der Waals surface area contributed by atoms with Crippen molar-refractivity contribution in [2.45, 2.75) is 50.2 Å². The van der Waals surface area contributed by atoms with Crippen LogP contribution in [0.15, 0.2) is 54.7 Å². The summed E-state index contributed by atoms with van der Waals surface area (Å²) in [5.41, 5.74) is 4.59. The number of nitrogens with zero attached hydrogens (tertiary/aromatic N) is 1. The molecule has 2 aliphatic carbocycles. The minimum absolute atomic E-state index is 0.0245. The van der Waals surface area contributed by atoms with E-state index in [9.17, 15) is 9.59 Å². The maximum atomic E-state index is 12.7. The van der Waals surface area contributed by atoms with Crippen LogP contribution in [-0.2, 0) is 17.6 Å². The fourth-order valence-corrected chi connectivity index (χ4v) is 6.06. The SMILES string of the molecule is O=C1CCc2c(Oc3ccc4c(c3)C3C(CNC(=O)NC5CCCc6ccccc65)C3O4)ccnc2N1. The average molecular weight is 497 g/mol. The third-order valence-corrected chi connectivity index (χ3v) is 7.97. The van der Waals surface area contributed by atoms with Gasteiger partial charge in [0.05, 0.1) is 6.04 Å². The lowest BCUT2D eigenvalue weighted by Gasteiger charge is -2.26. The van der Waals surface area contributed by atoms with Crippen LogP contribution in [-0.4, -0.2) is 29.6 Å². The first-order valence-corrected chi connectivity index (χ1v) is 13.0. The van der Waals surface area contributed by atoms with Crippen molar-refractivity contribution in [2.24, 2.45) is 5.92 Å². The molecule has 1 fully saturated rings. The Labute approximate surface area is 214 Å². The molecule has 0 saturated heterocycles. The number of carbonyl (C=O) groups is 2. The second-order valence-electron chi connectivity index (χ2n) is 10.3. The van der Waals surface area contributed by atoms with Gasteiger partial charge in [0.25, 0.3) is 0 Å². The van der Waals surface area contributed by atoms with Crippen molar-refractivity contribution in [1.29, 1.82) is 0 Å². The summed E-state index contributed by atoms with van der Waals surface area (Å²) in [5, 5.41) is 9.05. The van der Waals surface area contributed by atoms with Gasteiger partial charge in [-0.1, -0.05) is 24.3 Å². The number of ether oxygens (including phenoxy) is 2. The molecule has 7 rings (SSSR count). The zero-order valence-corrected chi connectivity index (χ0v) is 20.3. The van der Waals surface area contributed by atoms with E-state index in [-0.39, 0.29) is 35.9 Å². The first kappa shape index (κ1) is 22.2. The Bertz CT molecular complexity index is 1410. The number of hydrogen-bond acceptors (Lipinski definition) is 5. The Morgan fingerprint density at radius 2 is 2.03 bits per heavy atom. The second kappa shape index (κ2) is 8.80. The first-order chi connectivity index (χ1) is 18.1. The van der Waals surface area contributed by atoms with Crippen LogP contribution in [0.3, 0.4) is 0 Å². The molecule has 37 heavy (non-hydrogen) atoms. The predicted molar refractivity (Wildman–Crippen MR) is 137 cm³/mol. The molecule has 0 bridgehead atoms. The van der Waals surface area contributed by atoms with Gasteiger partial charge < -0.3 is 25.4 Å². The Morgan fingerprint density at radius 3 is 2.97 bits per heavy atom. The van der Waals surface area contributed by atoms with Gasteiger partial charge in [0.2, 0.25) is 5.91 Å². The molecule has 2 aliphatic heterocycles. The van der Waals surface area contributed by atoms with Crippen molar-refractivity contribution >= 4 is 17.8 Å². The number of hydrogen-bond donors (Lipinski definition) is 3. The number of rotatable bonds is 5. The number of urea groups is 1. The minimum Gasteiger partial charge on any atom is -0.489 e. The van der Waals surface area contributed by atoms with Crippen LogP contribution >= 0.6 is 0 Å². The fourth-order valence-electron chi connectivity index (χ4n) is 6.06. The van der Waals surface area contributed by atoms with Gasteiger partial charge in [-0.15, -0.1) is 0 Å². The summed E-state index contributed by atoms with van der Waals surface area (Å²) >= 11 is 0. The average Bonchev–Trinajstić information content (AvgIpc) is 3.46. The van der Waals surface area contributed by atoms with Crippen LogP contribution in [0, 0.1) is 5.92 Å². The summed E-state index contributed by atoms with van der Waals surface area (Å²) in [6, 6.07) is 16.0. The molecule has 3 amide bonds. The van der Waals surface area contributed by atoms with Gasteiger partial charge in [0.15, 0.2) is 0 Å². The molecule has 4 atom stereocenters. The smallest absolute Gasteiger partial charge is 0.315 e. The van der Waals surface area contributed by atoms with Crippen LogP contribution in [0.5, 0.6) is 17.2 Å². The summed E-state index contributed by atoms with van der Waals surface area (Å²) in [4.78, 5) is 28.7. The molecule has 3 heterocycles. The van der Waals surface area contributed by atoms with E-state index >= 15 is 0 Å². The molecule has 1 aromatic heterocycles. The highest BCUT2D eigenvalue weighted by Gasteiger charge is 2.58. The molecule has 8 heteroatoms. The molecule has 8 nitrogen and oxygen atoms in total. The summed E-state index contributed by atoms with van der Waals surface area (Å²) in [6.07, 6.45) is 5.88. The third-order valence-electron chi connectivity index (χ3n) is 7.97. The van der Waals surface area contributed by atoms with E-state index < -0.39 is 0 Å². The number of pyridine rings is 1. The lowest BCUT2D eigenvalue weighted by atomic mass is 9.88. The van der Waals surface area contributed by atoms with Gasteiger partial charge in [-0.25, -0.2) is 9.78 Å².